The molecular formula is C18H20O4. The molecule has 116 valence electrons. The summed E-state index contributed by atoms with van der Waals surface area (Å²) < 4.78 is 10.0. The molecule has 0 bridgehead atoms. The van der Waals surface area contributed by atoms with Gasteiger partial charge >= 0.3 is 5.97 Å². The Kier molecular flexibility index (Phi) is 5.55. The van der Waals surface area contributed by atoms with Crippen molar-refractivity contribution in [3.63, 3.8) is 0 Å². The van der Waals surface area contributed by atoms with Gasteiger partial charge in [0.25, 0.3) is 0 Å². The molecule has 0 saturated carbocycles. The van der Waals surface area contributed by atoms with Crippen LogP contribution in [0, 0.1) is 0 Å². The van der Waals surface area contributed by atoms with E-state index >= 15 is 0 Å². The Labute approximate surface area is 130 Å². The lowest BCUT2D eigenvalue weighted by atomic mass is 9.98. The number of esters is 1. The van der Waals surface area contributed by atoms with Crippen molar-refractivity contribution >= 4 is 5.97 Å². The fraction of sp³-hybridized carbons (Fsp3) is 0.278. The molecule has 2 aromatic carbocycles. The SMILES string of the molecule is COC(=O)Cc1cccc(-c2ccc(OC)c(CCO)c2)c1. The number of benzene rings is 2. The van der Waals surface area contributed by atoms with Gasteiger partial charge in [-0.3, -0.25) is 4.79 Å². The van der Waals surface area contributed by atoms with Crippen LogP contribution in [-0.2, 0) is 22.4 Å². The zero-order valence-electron chi connectivity index (χ0n) is 12.8. The standard InChI is InChI=1S/C18H20O4/c1-21-17-7-6-15(12-16(17)8-9-19)14-5-3-4-13(10-14)11-18(20)22-2/h3-7,10,12,19H,8-9,11H2,1-2H3. The van der Waals surface area contributed by atoms with Gasteiger partial charge in [-0.1, -0.05) is 30.3 Å². The van der Waals surface area contributed by atoms with Gasteiger partial charge in [0.05, 0.1) is 20.6 Å². The van der Waals surface area contributed by atoms with E-state index in [9.17, 15) is 4.79 Å². The number of ether oxygens (including phenoxy) is 2. The maximum atomic E-state index is 11.4. The Bertz CT molecular complexity index is 649. The van der Waals surface area contributed by atoms with Crippen molar-refractivity contribution in [3.05, 3.63) is 53.6 Å². The van der Waals surface area contributed by atoms with Crippen LogP contribution in [0.2, 0.25) is 0 Å². The van der Waals surface area contributed by atoms with E-state index in [4.69, 9.17) is 14.6 Å². The van der Waals surface area contributed by atoms with E-state index in [2.05, 4.69) is 0 Å². The van der Waals surface area contributed by atoms with Gasteiger partial charge in [-0.05, 0) is 40.8 Å². The Morgan fingerprint density at radius 1 is 1.09 bits per heavy atom. The molecule has 0 aromatic heterocycles. The van der Waals surface area contributed by atoms with Crippen molar-refractivity contribution in [2.45, 2.75) is 12.8 Å². The topological polar surface area (TPSA) is 55.8 Å². The summed E-state index contributed by atoms with van der Waals surface area (Å²) >= 11 is 0. The van der Waals surface area contributed by atoms with Gasteiger partial charge in [0.1, 0.15) is 5.75 Å². The Morgan fingerprint density at radius 3 is 2.55 bits per heavy atom. The second kappa shape index (κ2) is 7.61. The van der Waals surface area contributed by atoms with E-state index in [-0.39, 0.29) is 19.0 Å². The molecular weight excluding hydrogens is 280 g/mol. The van der Waals surface area contributed by atoms with Gasteiger partial charge in [0, 0.05) is 6.61 Å². The third-order valence-electron chi connectivity index (χ3n) is 3.50. The highest BCUT2D eigenvalue weighted by molar-refractivity contribution is 5.74. The molecule has 4 nitrogen and oxygen atoms in total. The molecule has 0 radical (unpaired) electrons. The molecule has 0 aliphatic rings. The summed E-state index contributed by atoms with van der Waals surface area (Å²) in [5.41, 5.74) is 3.91. The average molecular weight is 300 g/mol. The highest BCUT2D eigenvalue weighted by atomic mass is 16.5. The maximum absolute atomic E-state index is 11.4. The molecule has 22 heavy (non-hydrogen) atoms. The summed E-state index contributed by atoms with van der Waals surface area (Å²) in [6, 6.07) is 13.7. The third kappa shape index (κ3) is 3.86. The van der Waals surface area contributed by atoms with Crippen LogP contribution in [0.3, 0.4) is 0 Å². The van der Waals surface area contributed by atoms with Gasteiger partial charge in [-0.15, -0.1) is 0 Å². The van der Waals surface area contributed by atoms with Crippen molar-refractivity contribution in [1.29, 1.82) is 0 Å². The van der Waals surface area contributed by atoms with Crippen molar-refractivity contribution in [1.82, 2.24) is 0 Å². The zero-order valence-corrected chi connectivity index (χ0v) is 12.8. The smallest absolute Gasteiger partial charge is 0.309 e. The fourth-order valence-electron chi connectivity index (χ4n) is 2.37. The van der Waals surface area contributed by atoms with Crippen LogP contribution in [0.4, 0.5) is 0 Å². The average Bonchev–Trinajstić information content (AvgIpc) is 2.55. The molecule has 0 unspecified atom stereocenters. The summed E-state index contributed by atoms with van der Waals surface area (Å²) in [7, 11) is 3.00. The summed E-state index contributed by atoms with van der Waals surface area (Å²) in [4.78, 5) is 11.4. The predicted molar refractivity (Wildman–Crippen MR) is 84.9 cm³/mol. The minimum atomic E-state index is -0.257. The molecule has 0 atom stereocenters. The van der Waals surface area contributed by atoms with E-state index in [1.165, 1.54) is 7.11 Å². The molecule has 4 heteroatoms. The molecule has 0 saturated heterocycles. The molecule has 2 rings (SSSR count). The van der Waals surface area contributed by atoms with Gasteiger partial charge in [0.15, 0.2) is 0 Å². The normalized spacial score (nSPS) is 10.3. The Hall–Kier alpha value is -2.33. The minimum absolute atomic E-state index is 0.0716. The Balaban J connectivity index is 2.33. The van der Waals surface area contributed by atoms with Crippen LogP contribution in [0.15, 0.2) is 42.5 Å². The van der Waals surface area contributed by atoms with Crippen LogP contribution in [0.25, 0.3) is 11.1 Å². The number of methoxy groups -OCH3 is 2. The first-order valence-electron chi connectivity index (χ1n) is 7.12. The summed E-state index contributed by atoms with van der Waals surface area (Å²) in [5.74, 6) is 0.511. The van der Waals surface area contributed by atoms with Crippen molar-refractivity contribution in [3.8, 4) is 16.9 Å². The summed E-state index contributed by atoms with van der Waals surface area (Å²) in [6.07, 6.45) is 0.795. The molecule has 2 aromatic rings. The van der Waals surface area contributed by atoms with E-state index in [0.717, 1.165) is 28.0 Å². The fourth-order valence-corrected chi connectivity index (χ4v) is 2.37. The molecule has 0 aliphatic heterocycles. The molecule has 0 amide bonds. The molecule has 0 spiro atoms. The van der Waals surface area contributed by atoms with Crippen LogP contribution in [-0.4, -0.2) is 31.9 Å². The number of aliphatic hydroxyl groups excluding tert-OH is 1. The first-order chi connectivity index (χ1) is 10.7. The number of hydrogen-bond acceptors (Lipinski definition) is 4. The summed E-state index contributed by atoms with van der Waals surface area (Å²) in [6.45, 7) is 0.0716. The molecule has 0 heterocycles. The van der Waals surface area contributed by atoms with Crippen LogP contribution >= 0.6 is 0 Å². The number of hydrogen-bond donors (Lipinski definition) is 1. The first-order valence-corrected chi connectivity index (χ1v) is 7.12. The van der Waals surface area contributed by atoms with Crippen LogP contribution in [0.1, 0.15) is 11.1 Å². The number of carbonyl (C=O) groups is 1. The highest BCUT2D eigenvalue weighted by Crippen LogP contribution is 2.27. The minimum Gasteiger partial charge on any atom is -0.496 e. The zero-order chi connectivity index (χ0) is 15.9. The largest absolute Gasteiger partial charge is 0.496 e. The lowest BCUT2D eigenvalue weighted by Gasteiger charge is -2.11. The quantitative estimate of drug-likeness (QED) is 0.833. The predicted octanol–water partition coefficient (Wildman–Crippen LogP) is 2.61. The van der Waals surface area contributed by atoms with E-state index in [1.807, 2.05) is 42.5 Å². The van der Waals surface area contributed by atoms with Gasteiger partial charge in [-0.2, -0.15) is 0 Å². The second-order valence-corrected chi connectivity index (χ2v) is 4.95. The van der Waals surface area contributed by atoms with Gasteiger partial charge < -0.3 is 14.6 Å². The van der Waals surface area contributed by atoms with Crippen molar-refractivity contribution in [2.24, 2.45) is 0 Å². The molecule has 0 aliphatic carbocycles. The van der Waals surface area contributed by atoms with Crippen LogP contribution in [0.5, 0.6) is 5.75 Å². The highest BCUT2D eigenvalue weighted by Gasteiger charge is 2.08. The number of aliphatic hydroxyl groups is 1. The van der Waals surface area contributed by atoms with E-state index < -0.39 is 0 Å². The third-order valence-corrected chi connectivity index (χ3v) is 3.50. The second-order valence-electron chi connectivity index (χ2n) is 4.95. The lowest BCUT2D eigenvalue weighted by molar-refractivity contribution is -0.139. The molecule has 0 fully saturated rings. The lowest BCUT2D eigenvalue weighted by Crippen LogP contribution is -2.04. The monoisotopic (exact) mass is 300 g/mol. The number of carbonyl (C=O) groups excluding carboxylic acids is 1. The maximum Gasteiger partial charge on any atom is 0.309 e. The summed E-state index contributed by atoms with van der Waals surface area (Å²) in [5, 5.41) is 9.16. The van der Waals surface area contributed by atoms with Gasteiger partial charge in [-0.25, -0.2) is 0 Å². The first kappa shape index (κ1) is 16.0. The number of rotatable bonds is 6. The van der Waals surface area contributed by atoms with E-state index in [1.54, 1.807) is 7.11 Å². The van der Waals surface area contributed by atoms with Crippen LogP contribution < -0.4 is 4.74 Å². The van der Waals surface area contributed by atoms with Crippen molar-refractivity contribution < 1.29 is 19.4 Å². The Morgan fingerprint density at radius 2 is 1.86 bits per heavy atom. The van der Waals surface area contributed by atoms with E-state index in [0.29, 0.717) is 6.42 Å². The van der Waals surface area contributed by atoms with Gasteiger partial charge in [0.2, 0.25) is 0 Å². The molecule has 1 N–H and O–H groups in total. The van der Waals surface area contributed by atoms with Crippen molar-refractivity contribution in [2.75, 3.05) is 20.8 Å².